The fraction of sp³-hybridized carbons (Fsp3) is 0.438. The van der Waals surface area contributed by atoms with E-state index in [4.69, 9.17) is 0 Å². The molecule has 0 amide bonds. The summed E-state index contributed by atoms with van der Waals surface area (Å²) in [5.74, 6) is 5.74. The van der Waals surface area contributed by atoms with Crippen LogP contribution in [-0.4, -0.2) is 13.1 Å². The van der Waals surface area contributed by atoms with E-state index in [1.54, 1.807) is 0 Å². The Balaban J connectivity index is 3.09. The van der Waals surface area contributed by atoms with Gasteiger partial charge in [-0.15, -0.1) is 0 Å². The lowest BCUT2D eigenvalue weighted by molar-refractivity contribution is -0.139. The second-order valence-electron chi connectivity index (χ2n) is 4.22. The standard InChI is InChI=1S/C16H20O2/c1-5-13-10-12(3)11-14(6-2)15(13)8-7-9-16(17)18-4/h10-11H,5-6,9H2,1-4H3. The first kappa shape index (κ1) is 14.3. The first-order valence-electron chi connectivity index (χ1n) is 6.30. The van der Waals surface area contributed by atoms with Crippen molar-refractivity contribution in [1.29, 1.82) is 0 Å². The van der Waals surface area contributed by atoms with Gasteiger partial charge in [0.1, 0.15) is 6.42 Å². The predicted octanol–water partition coefficient (Wildman–Crippen LogP) is 3.03. The van der Waals surface area contributed by atoms with Crippen molar-refractivity contribution in [2.24, 2.45) is 0 Å². The first-order valence-corrected chi connectivity index (χ1v) is 6.30. The Morgan fingerprint density at radius 1 is 1.22 bits per heavy atom. The average molecular weight is 244 g/mol. The number of aryl methyl sites for hydroxylation is 3. The summed E-state index contributed by atoms with van der Waals surface area (Å²) in [6, 6.07) is 4.34. The molecule has 0 aliphatic carbocycles. The van der Waals surface area contributed by atoms with Crippen LogP contribution in [0.5, 0.6) is 0 Å². The van der Waals surface area contributed by atoms with Crippen molar-refractivity contribution < 1.29 is 9.53 Å². The second-order valence-corrected chi connectivity index (χ2v) is 4.22. The molecule has 0 aliphatic rings. The molecular formula is C16H20O2. The number of carbonyl (C=O) groups is 1. The minimum atomic E-state index is -0.286. The van der Waals surface area contributed by atoms with E-state index < -0.39 is 0 Å². The zero-order valence-corrected chi connectivity index (χ0v) is 11.6. The van der Waals surface area contributed by atoms with E-state index in [9.17, 15) is 4.79 Å². The number of hydrogen-bond acceptors (Lipinski definition) is 2. The summed E-state index contributed by atoms with van der Waals surface area (Å²) in [5.41, 5.74) is 4.85. The highest BCUT2D eigenvalue weighted by molar-refractivity contribution is 5.72. The van der Waals surface area contributed by atoms with Gasteiger partial charge in [0.05, 0.1) is 7.11 Å². The van der Waals surface area contributed by atoms with Gasteiger partial charge in [-0.1, -0.05) is 43.4 Å². The molecule has 0 radical (unpaired) electrons. The largest absolute Gasteiger partial charge is 0.468 e. The van der Waals surface area contributed by atoms with Crippen LogP contribution in [-0.2, 0) is 22.4 Å². The smallest absolute Gasteiger partial charge is 0.317 e. The molecular weight excluding hydrogens is 224 g/mol. The van der Waals surface area contributed by atoms with Crippen LogP contribution in [0.2, 0.25) is 0 Å². The molecule has 0 spiro atoms. The van der Waals surface area contributed by atoms with E-state index in [1.807, 2.05) is 0 Å². The molecule has 1 aromatic rings. The van der Waals surface area contributed by atoms with Crippen molar-refractivity contribution in [2.45, 2.75) is 40.0 Å². The zero-order chi connectivity index (χ0) is 13.5. The van der Waals surface area contributed by atoms with Gasteiger partial charge in [-0.3, -0.25) is 4.79 Å². The van der Waals surface area contributed by atoms with Crippen molar-refractivity contribution in [3.8, 4) is 11.8 Å². The summed E-state index contributed by atoms with van der Waals surface area (Å²) < 4.78 is 4.58. The van der Waals surface area contributed by atoms with Gasteiger partial charge in [-0.05, 0) is 30.9 Å². The van der Waals surface area contributed by atoms with Crippen LogP contribution in [0.4, 0.5) is 0 Å². The molecule has 0 fully saturated rings. The van der Waals surface area contributed by atoms with E-state index in [0.717, 1.165) is 18.4 Å². The molecule has 0 atom stereocenters. The maximum atomic E-state index is 11.0. The van der Waals surface area contributed by atoms with Gasteiger partial charge in [0.15, 0.2) is 0 Å². The molecule has 0 heterocycles. The summed E-state index contributed by atoms with van der Waals surface area (Å²) in [5, 5.41) is 0. The minimum absolute atomic E-state index is 0.149. The third kappa shape index (κ3) is 3.63. The van der Waals surface area contributed by atoms with Crippen molar-refractivity contribution in [3.63, 3.8) is 0 Å². The molecule has 2 nitrogen and oxygen atoms in total. The van der Waals surface area contributed by atoms with Crippen molar-refractivity contribution >= 4 is 5.97 Å². The highest BCUT2D eigenvalue weighted by Gasteiger charge is 2.05. The molecule has 1 aromatic carbocycles. The lowest BCUT2D eigenvalue weighted by Gasteiger charge is -2.09. The normalized spacial score (nSPS) is 9.56. The first-order chi connectivity index (χ1) is 8.62. The number of methoxy groups -OCH3 is 1. The fourth-order valence-electron chi connectivity index (χ4n) is 1.94. The summed E-state index contributed by atoms with van der Waals surface area (Å²) in [4.78, 5) is 11.0. The van der Waals surface area contributed by atoms with Crippen LogP contribution >= 0.6 is 0 Å². The number of carbonyl (C=O) groups excluding carboxylic acids is 1. The summed E-state index contributed by atoms with van der Waals surface area (Å²) >= 11 is 0. The maximum Gasteiger partial charge on any atom is 0.317 e. The molecule has 96 valence electrons. The van der Waals surface area contributed by atoms with E-state index >= 15 is 0 Å². The molecule has 0 bridgehead atoms. The van der Waals surface area contributed by atoms with Crippen LogP contribution in [0, 0.1) is 18.8 Å². The Bertz CT molecular complexity index is 465. The second kappa shape index (κ2) is 6.86. The molecule has 18 heavy (non-hydrogen) atoms. The Kier molecular flexibility index (Phi) is 5.45. The highest BCUT2D eigenvalue weighted by atomic mass is 16.5. The number of ether oxygens (including phenoxy) is 1. The minimum Gasteiger partial charge on any atom is -0.468 e. The number of rotatable bonds is 3. The summed E-state index contributed by atoms with van der Waals surface area (Å²) in [6.45, 7) is 6.35. The molecule has 0 aromatic heterocycles. The van der Waals surface area contributed by atoms with Crippen LogP contribution in [0.1, 0.15) is 42.5 Å². The van der Waals surface area contributed by atoms with E-state index in [0.29, 0.717) is 0 Å². The van der Waals surface area contributed by atoms with Crippen molar-refractivity contribution in [1.82, 2.24) is 0 Å². The van der Waals surface area contributed by atoms with Crippen LogP contribution in [0.3, 0.4) is 0 Å². The third-order valence-electron chi connectivity index (χ3n) is 2.88. The Hall–Kier alpha value is -1.75. The molecule has 0 saturated carbocycles. The average Bonchev–Trinajstić information content (AvgIpc) is 2.39. The Morgan fingerprint density at radius 2 is 1.78 bits per heavy atom. The number of benzene rings is 1. The monoisotopic (exact) mass is 244 g/mol. The van der Waals surface area contributed by atoms with Gasteiger partial charge < -0.3 is 4.74 Å². The quantitative estimate of drug-likeness (QED) is 0.603. The topological polar surface area (TPSA) is 26.3 Å². The summed E-state index contributed by atoms with van der Waals surface area (Å²) in [6.07, 6.45) is 2.06. The fourth-order valence-corrected chi connectivity index (χ4v) is 1.94. The zero-order valence-electron chi connectivity index (χ0n) is 11.6. The van der Waals surface area contributed by atoms with Gasteiger partial charge in [0.25, 0.3) is 0 Å². The molecule has 0 unspecified atom stereocenters. The van der Waals surface area contributed by atoms with Gasteiger partial charge in [-0.2, -0.15) is 0 Å². The van der Waals surface area contributed by atoms with Crippen molar-refractivity contribution in [2.75, 3.05) is 7.11 Å². The molecule has 0 saturated heterocycles. The number of hydrogen-bond donors (Lipinski definition) is 0. The predicted molar refractivity (Wildman–Crippen MR) is 73.4 cm³/mol. The maximum absolute atomic E-state index is 11.0. The van der Waals surface area contributed by atoms with Gasteiger partial charge in [0, 0.05) is 5.56 Å². The molecule has 2 heteroatoms. The van der Waals surface area contributed by atoms with Crippen molar-refractivity contribution in [3.05, 3.63) is 34.4 Å². The highest BCUT2D eigenvalue weighted by Crippen LogP contribution is 2.18. The number of esters is 1. The third-order valence-corrected chi connectivity index (χ3v) is 2.88. The van der Waals surface area contributed by atoms with Gasteiger partial charge >= 0.3 is 5.97 Å². The van der Waals surface area contributed by atoms with Gasteiger partial charge in [-0.25, -0.2) is 0 Å². The lowest BCUT2D eigenvalue weighted by Crippen LogP contribution is -1.99. The SMILES string of the molecule is CCc1cc(C)cc(CC)c1C#CCC(=O)OC. The molecule has 0 aliphatic heterocycles. The van der Waals surface area contributed by atoms with E-state index in [2.05, 4.69) is 49.5 Å². The Morgan fingerprint density at radius 3 is 2.22 bits per heavy atom. The van der Waals surface area contributed by atoms with E-state index in [-0.39, 0.29) is 12.4 Å². The van der Waals surface area contributed by atoms with Crippen LogP contribution < -0.4 is 0 Å². The molecule has 1 rings (SSSR count). The van der Waals surface area contributed by atoms with Crippen LogP contribution in [0.15, 0.2) is 12.1 Å². The van der Waals surface area contributed by atoms with Crippen LogP contribution in [0.25, 0.3) is 0 Å². The van der Waals surface area contributed by atoms with Gasteiger partial charge in [0.2, 0.25) is 0 Å². The Labute approximate surface area is 109 Å². The van der Waals surface area contributed by atoms with E-state index in [1.165, 1.54) is 23.8 Å². The molecule has 0 N–H and O–H groups in total. The summed E-state index contributed by atoms with van der Waals surface area (Å²) in [7, 11) is 1.38. The lowest BCUT2D eigenvalue weighted by atomic mass is 9.95.